The molecule has 0 bridgehead atoms. The van der Waals surface area contributed by atoms with Gasteiger partial charge in [-0.3, -0.25) is 5.32 Å². The molecule has 0 aliphatic rings. The van der Waals surface area contributed by atoms with E-state index >= 15 is 0 Å². The number of carboxylic acids is 1. The zero-order chi connectivity index (χ0) is 15.6. The van der Waals surface area contributed by atoms with E-state index in [0.29, 0.717) is 17.3 Å². The molecule has 0 radical (unpaired) electrons. The molecule has 3 N–H and O–H groups in total. The number of urea groups is 1. The Labute approximate surface area is 121 Å². The van der Waals surface area contributed by atoms with Gasteiger partial charge in [0, 0.05) is 17.1 Å². The van der Waals surface area contributed by atoms with Gasteiger partial charge in [0.25, 0.3) is 0 Å². The molecule has 2 amide bonds. The summed E-state index contributed by atoms with van der Waals surface area (Å²) in [6.45, 7) is 1.79. The zero-order valence-electron chi connectivity index (χ0n) is 10.6. The highest BCUT2D eigenvalue weighted by atomic mass is 32.1. The molecule has 21 heavy (non-hydrogen) atoms. The van der Waals surface area contributed by atoms with Crippen molar-refractivity contribution in [1.29, 1.82) is 0 Å². The fraction of sp³-hybridized carbons (Fsp3) is 0.0833. The lowest BCUT2D eigenvalue weighted by Gasteiger charge is -2.09. The highest BCUT2D eigenvalue weighted by Crippen LogP contribution is 2.21. The van der Waals surface area contributed by atoms with E-state index in [-0.39, 0.29) is 5.69 Å². The van der Waals surface area contributed by atoms with E-state index in [4.69, 9.17) is 5.11 Å². The van der Waals surface area contributed by atoms with Crippen LogP contribution in [0.5, 0.6) is 0 Å². The zero-order valence-corrected chi connectivity index (χ0v) is 11.4. The van der Waals surface area contributed by atoms with Crippen LogP contribution in [0, 0.1) is 18.6 Å². The predicted octanol–water partition coefficient (Wildman–Crippen LogP) is 3.07. The molecule has 1 heterocycles. The second kappa shape index (κ2) is 5.83. The van der Waals surface area contributed by atoms with Gasteiger partial charge in [0.15, 0.2) is 16.8 Å². The van der Waals surface area contributed by atoms with Gasteiger partial charge in [-0.1, -0.05) is 0 Å². The average Bonchev–Trinajstić information content (AvgIpc) is 2.78. The Morgan fingerprint density at radius 1 is 1.24 bits per heavy atom. The van der Waals surface area contributed by atoms with E-state index in [2.05, 4.69) is 15.6 Å². The van der Waals surface area contributed by atoms with Crippen LogP contribution in [0.1, 0.15) is 15.2 Å². The highest BCUT2D eigenvalue weighted by molar-refractivity contribution is 7.15. The largest absolute Gasteiger partial charge is 0.478 e. The number of nitrogens with one attached hydrogen (secondary N) is 2. The number of hydrogen-bond acceptors (Lipinski definition) is 4. The van der Waals surface area contributed by atoms with Crippen LogP contribution in [0.2, 0.25) is 0 Å². The number of hydrogen-bond donors (Lipinski definition) is 3. The molecule has 1 aromatic carbocycles. The number of halogens is 2. The first-order valence-corrected chi connectivity index (χ1v) is 6.41. The Balaban J connectivity index is 2.20. The van der Waals surface area contributed by atoms with Crippen LogP contribution in [-0.2, 0) is 0 Å². The molecule has 0 atom stereocenters. The molecule has 2 aromatic rings. The molecule has 0 aliphatic carbocycles. The number of anilines is 2. The first-order valence-electron chi connectivity index (χ1n) is 5.59. The normalized spacial score (nSPS) is 10.2. The second-order valence-electron chi connectivity index (χ2n) is 3.97. The minimum Gasteiger partial charge on any atom is -0.478 e. The molecule has 0 unspecified atom stereocenters. The van der Waals surface area contributed by atoms with Gasteiger partial charge in [-0.05, 0) is 13.0 Å². The number of thiazole rings is 1. The van der Waals surface area contributed by atoms with Gasteiger partial charge < -0.3 is 10.4 Å². The van der Waals surface area contributed by atoms with E-state index < -0.39 is 29.2 Å². The Hall–Kier alpha value is -2.55. The van der Waals surface area contributed by atoms with Gasteiger partial charge in [0.05, 0.1) is 11.3 Å². The van der Waals surface area contributed by atoms with E-state index in [1.165, 1.54) is 11.3 Å². The number of benzene rings is 1. The maximum atomic E-state index is 13.2. The number of aromatic nitrogens is 1. The number of rotatable bonds is 3. The molecule has 6 nitrogen and oxygen atoms in total. The van der Waals surface area contributed by atoms with Crippen LogP contribution in [0.4, 0.5) is 24.4 Å². The number of amides is 2. The molecule has 0 spiro atoms. The average molecular weight is 313 g/mol. The van der Waals surface area contributed by atoms with Crippen molar-refractivity contribution in [2.24, 2.45) is 0 Å². The summed E-state index contributed by atoms with van der Waals surface area (Å²) in [5, 5.41) is 13.7. The van der Waals surface area contributed by atoms with Crippen molar-refractivity contribution in [3.8, 4) is 0 Å². The Kier molecular flexibility index (Phi) is 4.13. The molecule has 1 aromatic heterocycles. The van der Waals surface area contributed by atoms with E-state index in [1.54, 1.807) is 13.1 Å². The maximum absolute atomic E-state index is 13.2. The second-order valence-corrected chi connectivity index (χ2v) is 5.21. The molecule has 0 saturated carbocycles. The summed E-state index contributed by atoms with van der Waals surface area (Å²) in [5.41, 5.74) is -0.911. The molecule has 0 aliphatic heterocycles. The van der Waals surface area contributed by atoms with Crippen LogP contribution in [0.25, 0.3) is 0 Å². The van der Waals surface area contributed by atoms with Gasteiger partial charge in [-0.15, -0.1) is 11.3 Å². The Morgan fingerprint density at radius 3 is 2.48 bits per heavy atom. The maximum Gasteiger partial charge on any atom is 0.337 e. The lowest BCUT2D eigenvalue weighted by Crippen LogP contribution is -2.21. The van der Waals surface area contributed by atoms with Crippen LogP contribution in [0.15, 0.2) is 18.3 Å². The van der Waals surface area contributed by atoms with Crippen molar-refractivity contribution in [3.63, 3.8) is 0 Å². The highest BCUT2D eigenvalue weighted by Gasteiger charge is 2.17. The molecule has 110 valence electrons. The lowest BCUT2D eigenvalue weighted by atomic mass is 10.1. The molecular formula is C12H9F2N3O3S. The summed E-state index contributed by atoms with van der Waals surface area (Å²) in [4.78, 5) is 27.4. The van der Waals surface area contributed by atoms with Crippen molar-refractivity contribution in [2.75, 3.05) is 10.6 Å². The summed E-state index contributed by atoms with van der Waals surface area (Å²) in [5.74, 6) is -4.07. The van der Waals surface area contributed by atoms with Gasteiger partial charge in [-0.2, -0.15) is 0 Å². The first kappa shape index (κ1) is 14.9. The third-order valence-electron chi connectivity index (χ3n) is 2.38. The van der Waals surface area contributed by atoms with Crippen LogP contribution in [-0.4, -0.2) is 22.1 Å². The van der Waals surface area contributed by atoms with Gasteiger partial charge in [0.2, 0.25) is 0 Å². The quantitative estimate of drug-likeness (QED) is 0.812. The molecular weight excluding hydrogens is 304 g/mol. The molecule has 2 rings (SSSR count). The van der Waals surface area contributed by atoms with Gasteiger partial charge in [0.1, 0.15) is 0 Å². The third kappa shape index (κ3) is 3.51. The summed E-state index contributed by atoms with van der Waals surface area (Å²) in [7, 11) is 0. The summed E-state index contributed by atoms with van der Waals surface area (Å²) >= 11 is 1.21. The van der Waals surface area contributed by atoms with Crippen molar-refractivity contribution in [2.45, 2.75) is 6.92 Å². The number of aryl methyl sites for hydroxylation is 1. The van der Waals surface area contributed by atoms with Crippen LogP contribution >= 0.6 is 11.3 Å². The fourth-order valence-electron chi connectivity index (χ4n) is 1.49. The van der Waals surface area contributed by atoms with E-state index in [0.717, 1.165) is 4.88 Å². The molecule has 9 heteroatoms. The minimum atomic E-state index is -1.49. The topological polar surface area (TPSA) is 91.3 Å². The summed E-state index contributed by atoms with van der Waals surface area (Å²) < 4.78 is 26.2. The number of aromatic carboxylic acids is 1. The van der Waals surface area contributed by atoms with Gasteiger partial charge in [-0.25, -0.2) is 23.4 Å². The Bertz CT molecular complexity index is 718. The number of nitrogens with zero attached hydrogens (tertiary/aromatic N) is 1. The van der Waals surface area contributed by atoms with Gasteiger partial charge >= 0.3 is 12.0 Å². The predicted molar refractivity (Wildman–Crippen MR) is 72.8 cm³/mol. The Morgan fingerprint density at radius 2 is 1.90 bits per heavy atom. The van der Waals surface area contributed by atoms with Crippen molar-refractivity contribution in [1.82, 2.24) is 4.98 Å². The smallest absolute Gasteiger partial charge is 0.337 e. The number of carbonyl (C=O) groups excluding carboxylic acids is 1. The molecule has 0 fully saturated rings. The van der Waals surface area contributed by atoms with Crippen LogP contribution < -0.4 is 10.6 Å². The van der Waals surface area contributed by atoms with Crippen molar-refractivity contribution >= 4 is 34.2 Å². The standard InChI is InChI=1S/C12H9F2N3O3S/c1-5-4-15-12(21-5)17-11(20)16-9-3-8(14)7(13)2-6(9)10(18)19/h2-4H,1H3,(H,18,19)(H2,15,16,17,20). The monoisotopic (exact) mass is 313 g/mol. The van der Waals surface area contributed by atoms with Crippen LogP contribution in [0.3, 0.4) is 0 Å². The first-order chi connectivity index (χ1) is 9.86. The van der Waals surface area contributed by atoms with E-state index in [9.17, 15) is 18.4 Å². The van der Waals surface area contributed by atoms with Crippen molar-refractivity contribution < 1.29 is 23.5 Å². The third-order valence-corrected chi connectivity index (χ3v) is 3.21. The number of carbonyl (C=O) groups is 2. The molecule has 0 saturated heterocycles. The summed E-state index contributed by atoms with van der Waals surface area (Å²) in [6.07, 6.45) is 1.54. The van der Waals surface area contributed by atoms with Crippen molar-refractivity contribution in [3.05, 3.63) is 40.4 Å². The fourth-order valence-corrected chi connectivity index (χ4v) is 2.15. The summed E-state index contributed by atoms with van der Waals surface area (Å²) in [6, 6.07) is 0.296. The van der Waals surface area contributed by atoms with E-state index in [1.807, 2.05) is 0 Å². The lowest BCUT2D eigenvalue weighted by molar-refractivity contribution is 0.0697. The SMILES string of the molecule is Cc1cnc(NC(=O)Nc2cc(F)c(F)cc2C(=O)O)s1. The number of carboxylic acid groups (broad SMARTS) is 1. The minimum absolute atomic E-state index is 0.296.